The Kier molecular flexibility index (Phi) is 6.24. The summed E-state index contributed by atoms with van der Waals surface area (Å²) in [5.41, 5.74) is 0. The maximum Gasteiger partial charge on any atom is 0.308 e. The molecule has 0 aromatic rings. The van der Waals surface area contributed by atoms with Gasteiger partial charge < -0.3 is 19.3 Å². The Labute approximate surface area is 79.8 Å². The molecular formula is C9H20O4. The zero-order valence-corrected chi connectivity index (χ0v) is 8.87. The highest BCUT2D eigenvalue weighted by Crippen LogP contribution is 2.17. The summed E-state index contributed by atoms with van der Waals surface area (Å²) in [7, 11) is 1.50. The van der Waals surface area contributed by atoms with Crippen molar-refractivity contribution in [3.63, 3.8) is 0 Å². The summed E-state index contributed by atoms with van der Waals surface area (Å²) in [5, 5.41) is 9.84. The van der Waals surface area contributed by atoms with Crippen molar-refractivity contribution in [3.05, 3.63) is 0 Å². The molecular weight excluding hydrogens is 172 g/mol. The van der Waals surface area contributed by atoms with E-state index in [2.05, 4.69) is 0 Å². The molecule has 13 heavy (non-hydrogen) atoms. The van der Waals surface area contributed by atoms with Gasteiger partial charge in [-0.2, -0.15) is 0 Å². The molecule has 0 amide bonds. The first kappa shape index (κ1) is 12.8. The SMILES string of the molecule is CCCOC(O)(OCC)C(C)OC. The maximum atomic E-state index is 9.84. The first-order valence-corrected chi connectivity index (χ1v) is 4.63. The third-order valence-corrected chi connectivity index (χ3v) is 1.73. The molecule has 1 N–H and O–H groups in total. The van der Waals surface area contributed by atoms with E-state index >= 15 is 0 Å². The molecule has 2 unspecified atom stereocenters. The van der Waals surface area contributed by atoms with Crippen LogP contribution < -0.4 is 0 Å². The molecule has 4 heteroatoms. The zero-order chi connectivity index (χ0) is 10.3. The second-order valence-electron chi connectivity index (χ2n) is 2.79. The molecule has 0 spiro atoms. The summed E-state index contributed by atoms with van der Waals surface area (Å²) < 4.78 is 15.2. The topological polar surface area (TPSA) is 47.9 Å². The quantitative estimate of drug-likeness (QED) is 0.614. The average Bonchev–Trinajstić information content (AvgIpc) is 2.14. The van der Waals surface area contributed by atoms with E-state index in [-0.39, 0.29) is 0 Å². The average molecular weight is 192 g/mol. The minimum Gasteiger partial charge on any atom is -0.373 e. The predicted octanol–water partition coefficient (Wildman–Crippen LogP) is 1.13. The lowest BCUT2D eigenvalue weighted by Gasteiger charge is -2.31. The van der Waals surface area contributed by atoms with Crippen LogP contribution in [0.3, 0.4) is 0 Å². The summed E-state index contributed by atoms with van der Waals surface area (Å²) in [6.07, 6.45) is 0.324. The van der Waals surface area contributed by atoms with Crippen LogP contribution in [0.25, 0.3) is 0 Å². The Balaban J connectivity index is 4.14. The van der Waals surface area contributed by atoms with Gasteiger partial charge in [0.15, 0.2) is 0 Å². The summed E-state index contributed by atoms with van der Waals surface area (Å²) in [6.45, 7) is 6.29. The number of hydrogen-bond donors (Lipinski definition) is 1. The molecule has 0 aliphatic heterocycles. The van der Waals surface area contributed by atoms with Crippen molar-refractivity contribution in [2.45, 2.75) is 39.3 Å². The highest BCUT2D eigenvalue weighted by atomic mass is 16.8. The van der Waals surface area contributed by atoms with E-state index in [9.17, 15) is 5.11 Å². The van der Waals surface area contributed by atoms with Gasteiger partial charge in [-0.05, 0) is 20.3 Å². The minimum atomic E-state index is -1.61. The lowest BCUT2D eigenvalue weighted by atomic mass is 10.3. The Morgan fingerprint density at radius 3 is 2.31 bits per heavy atom. The van der Waals surface area contributed by atoms with Crippen molar-refractivity contribution in [1.29, 1.82) is 0 Å². The van der Waals surface area contributed by atoms with Gasteiger partial charge in [0.25, 0.3) is 0 Å². The number of aliphatic hydroxyl groups is 1. The van der Waals surface area contributed by atoms with Crippen LogP contribution >= 0.6 is 0 Å². The molecule has 0 aromatic carbocycles. The number of methoxy groups -OCH3 is 1. The molecule has 2 atom stereocenters. The molecule has 0 heterocycles. The van der Waals surface area contributed by atoms with Gasteiger partial charge >= 0.3 is 5.97 Å². The van der Waals surface area contributed by atoms with Crippen molar-refractivity contribution in [3.8, 4) is 0 Å². The largest absolute Gasteiger partial charge is 0.373 e. The van der Waals surface area contributed by atoms with Gasteiger partial charge in [0.05, 0.1) is 6.61 Å². The molecule has 0 saturated heterocycles. The van der Waals surface area contributed by atoms with Gasteiger partial charge in [0.2, 0.25) is 0 Å². The molecule has 0 aromatic heterocycles. The Bertz CT molecular complexity index is 129. The molecule has 0 saturated carbocycles. The lowest BCUT2D eigenvalue weighted by molar-refractivity contribution is -0.394. The zero-order valence-electron chi connectivity index (χ0n) is 8.87. The van der Waals surface area contributed by atoms with Crippen molar-refractivity contribution in [2.24, 2.45) is 0 Å². The van der Waals surface area contributed by atoms with Gasteiger partial charge in [0, 0.05) is 13.7 Å². The van der Waals surface area contributed by atoms with E-state index in [4.69, 9.17) is 14.2 Å². The van der Waals surface area contributed by atoms with Gasteiger partial charge in [0.1, 0.15) is 6.10 Å². The fraction of sp³-hybridized carbons (Fsp3) is 1.00. The third kappa shape index (κ3) is 4.04. The van der Waals surface area contributed by atoms with E-state index in [1.165, 1.54) is 7.11 Å². The third-order valence-electron chi connectivity index (χ3n) is 1.73. The van der Waals surface area contributed by atoms with E-state index in [0.717, 1.165) is 6.42 Å². The Morgan fingerprint density at radius 1 is 1.31 bits per heavy atom. The van der Waals surface area contributed by atoms with E-state index < -0.39 is 12.1 Å². The summed E-state index contributed by atoms with van der Waals surface area (Å²) in [5.74, 6) is -1.61. The molecule has 80 valence electrons. The van der Waals surface area contributed by atoms with Gasteiger partial charge in [-0.3, -0.25) is 0 Å². The van der Waals surface area contributed by atoms with Crippen LogP contribution in [0, 0.1) is 0 Å². The molecule has 4 nitrogen and oxygen atoms in total. The molecule has 0 aliphatic rings. The van der Waals surface area contributed by atoms with Crippen molar-refractivity contribution in [1.82, 2.24) is 0 Å². The first-order valence-electron chi connectivity index (χ1n) is 4.63. The highest BCUT2D eigenvalue weighted by molar-refractivity contribution is 4.63. The fourth-order valence-corrected chi connectivity index (χ4v) is 0.880. The fourth-order valence-electron chi connectivity index (χ4n) is 0.880. The van der Waals surface area contributed by atoms with Crippen molar-refractivity contribution >= 4 is 0 Å². The van der Waals surface area contributed by atoms with Crippen LogP contribution in [-0.4, -0.2) is 37.5 Å². The van der Waals surface area contributed by atoms with Gasteiger partial charge in [-0.15, -0.1) is 0 Å². The molecule has 0 rings (SSSR count). The Morgan fingerprint density at radius 2 is 1.92 bits per heavy atom. The number of ether oxygens (including phenoxy) is 3. The van der Waals surface area contributed by atoms with Crippen LogP contribution in [0.15, 0.2) is 0 Å². The molecule has 0 bridgehead atoms. The normalized spacial score (nSPS) is 18.2. The van der Waals surface area contributed by atoms with Crippen molar-refractivity contribution < 1.29 is 19.3 Å². The van der Waals surface area contributed by atoms with Gasteiger partial charge in [-0.25, -0.2) is 0 Å². The van der Waals surface area contributed by atoms with Crippen LogP contribution in [0.1, 0.15) is 27.2 Å². The summed E-state index contributed by atoms with van der Waals surface area (Å²) >= 11 is 0. The van der Waals surface area contributed by atoms with Crippen LogP contribution in [0.2, 0.25) is 0 Å². The molecule has 0 radical (unpaired) electrons. The first-order chi connectivity index (χ1) is 6.10. The summed E-state index contributed by atoms with van der Waals surface area (Å²) in [6, 6.07) is 0. The number of hydrogen-bond acceptors (Lipinski definition) is 4. The van der Waals surface area contributed by atoms with Crippen LogP contribution in [0.4, 0.5) is 0 Å². The van der Waals surface area contributed by atoms with Crippen LogP contribution in [-0.2, 0) is 14.2 Å². The number of rotatable bonds is 7. The Hall–Kier alpha value is -0.160. The van der Waals surface area contributed by atoms with E-state index in [0.29, 0.717) is 13.2 Å². The lowest BCUT2D eigenvalue weighted by Crippen LogP contribution is -2.47. The predicted molar refractivity (Wildman–Crippen MR) is 49.3 cm³/mol. The monoisotopic (exact) mass is 192 g/mol. The second-order valence-corrected chi connectivity index (χ2v) is 2.79. The van der Waals surface area contributed by atoms with E-state index in [1.54, 1.807) is 13.8 Å². The standard InChI is InChI=1S/C9H20O4/c1-5-7-13-9(10,12-6-2)8(3)11-4/h8,10H,5-7H2,1-4H3. The molecule has 0 aliphatic carbocycles. The van der Waals surface area contributed by atoms with Crippen LogP contribution in [0.5, 0.6) is 0 Å². The van der Waals surface area contributed by atoms with Crippen molar-refractivity contribution in [2.75, 3.05) is 20.3 Å². The van der Waals surface area contributed by atoms with Gasteiger partial charge in [-0.1, -0.05) is 6.92 Å². The van der Waals surface area contributed by atoms with E-state index in [1.807, 2.05) is 6.92 Å². The second kappa shape index (κ2) is 6.32. The molecule has 0 fully saturated rings. The minimum absolute atomic E-state index is 0.383. The smallest absolute Gasteiger partial charge is 0.308 e. The summed E-state index contributed by atoms with van der Waals surface area (Å²) in [4.78, 5) is 0. The maximum absolute atomic E-state index is 9.84. The highest BCUT2D eigenvalue weighted by Gasteiger charge is 2.36.